The fourth-order valence-corrected chi connectivity index (χ4v) is 6.71. The molecule has 0 amide bonds. The maximum absolute atomic E-state index is 13.6. The van der Waals surface area contributed by atoms with Gasteiger partial charge in [-0.05, 0) is 60.8 Å². The van der Waals surface area contributed by atoms with Gasteiger partial charge in [-0.15, -0.1) is 0 Å². The molecular weight excluding hydrogens is 486 g/mol. The second-order valence-electron chi connectivity index (χ2n) is 9.54. The summed E-state index contributed by atoms with van der Waals surface area (Å²) in [6, 6.07) is 1.54. The quantitative estimate of drug-likeness (QED) is 0.615. The van der Waals surface area contributed by atoms with Gasteiger partial charge in [0.15, 0.2) is 0 Å². The van der Waals surface area contributed by atoms with Crippen LogP contribution in [0.5, 0.6) is 0 Å². The zero-order valence-electron chi connectivity index (χ0n) is 18.0. The SMILES string of the molecule is Cc1c(C(F)(F)F)ccc2c1CN(S(=O)(=O)C(F)(F)F)C[C@@H](C13CC(C1)C3)N2Cc1cnc[nH]1. The lowest BCUT2D eigenvalue weighted by atomic mass is 9.41. The number of imidazole rings is 1. The van der Waals surface area contributed by atoms with E-state index in [0.29, 0.717) is 21.6 Å². The molecular formula is C21H22F6N4O2S. The Labute approximate surface area is 192 Å². The molecule has 34 heavy (non-hydrogen) atoms. The number of alkyl halides is 6. The summed E-state index contributed by atoms with van der Waals surface area (Å²) in [5.74, 6) is 0.457. The molecule has 3 saturated carbocycles. The molecule has 13 heteroatoms. The molecule has 186 valence electrons. The topological polar surface area (TPSA) is 69.3 Å². The number of sulfonamides is 1. The standard InChI is InChI=1S/C21H22F6N4O2S/c1-12-15-9-30(34(32,33)21(25,26)27)10-18(19-4-13(5-19)6-19)31(8-14-7-28-11-29-14)17(15)3-2-16(12)20(22,23)24/h2-3,7,11,13,18H,4-6,8-10H2,1H3,(H,28,29)/t13?,18-,19?/m0/s1. The third-order valence-electron chi connectivity index (χ3n) is 7.60. The molecule has 6 nitrogen and oxygen atoms in total. The smallest absolute Gasteiger partial charge is 0.361 e. The fraction of sp³-hybridized carbons (Fsp3) is 0.571. The molecule has 2 bridgehead atoms. The van der Waals surface area contributed by atoms with E-state index in [9.17, 15) is 34.8 Å². The summed E-state index contributed by atoms with van der Waals surface area (Å²) in [5.41, 5.74) is -6.35. The largest absolute Gasteiger partial charge is 0.511 e. The first kappa shape index (κ1) is 23.5. The number of H-pyrrole nitrogens is 1. The van der Waals surface area contributed by atoms with E-state index in [2.05, 4.69) is 9.97 Å². The highest BCUT2D eigenvalue weighted by Crippen LogP contribution is 2.67. The molecule has 3 aliphatic carbocycles. The van der Waals surface area contributed by atoms with Crippen molar-refractivity contribution in [2.24, 2.45) is 11.3 Å². The lowest BCUT2D eigenvalue weighted by molar-refractivity contribution is -0.138. The average Bonchev–Trinajstić information content (AvgIpc) is 3.09. The lowest BCUT2D eigenvalue weighted by Crippen LogP contribution is -2.66. The normalized spacial score (nSPS) is 27.6. The van der Waals surface area contributed by atoms with E-state index >= 15 is 0 Å². The zero-order chi connectivity index (χ0) is 24.7. The predicted octanol–water partition coefficient (Wildman–Crippen LogP) is 4.58. The van der Waals surface area contributed by atoms with Crippen LogP contribution in [0.25, 0.3) is 0 Å². The first-order chi connectivity index (χ1) is 15.7. The summed E-state index contributed by atoms with van der Waals surface area (Å²) in [7, 11) is -5.77. The van der Waals surface area contributed by atoms with Crippen molar-refractivity contribution in [2.45, 2.75) is 57.0 Å². The van der Waals surface area contributed by atoms with E-state index in [1.165, 1.54) is 25.5 Å². The highest BCUT2D eigenvalue weighted by Gasteiger charge is 2.63. The molecule has 1 N–H and O–H groups in total. The summed E-state index contributed by atoms with van der Waals surface area (Å²) in [6.45, 7) is 0.0745. The second kappa shape index (κ2) is 7.36. The van der Waals surface area contributed by atoms with Crippen molar-refractivity contribution in [3.8, 4) is 0 Å². The molecule has 4 aliphatic rings. The van der Waals surface area contributed by atoms with Crippen molar-refractivity contribution in [1.82, 2.24) is 14.3 Å². The van der Waals surface area contributed by atoms with Crippen LogP contribution in [0.4, 0.5) is 32.0 Å². The third-order valence-corrected chi connectivity index (χ3v) is 9.14. The number of nitrogens with zero attached hydrogens (tertiary/aromatic N) is 3. The molecule has 2 heterocycles. The molecule has 0 radical (unpaired) electrons. The fourth-order valence-electron chi connectivity index (χ4n) is 5.78. The van der Waals surface area contributed by atoms with Crippen LogP contribution in [0.1, 0.15) is 41.6 Å². The number of fused-ring (bicyclic) bond motifs is 1. The monoisotopic (exact) mass is 508 g/mol. The Hall–Kier alpha value is -2.28. The molecule has 1 aliphatic heterocycles. The molecule has 1 atom stereocenters. The molecule has 0 spiro atoms. The van der Waals surface area contributed by atoms with Gasteiger partial charge in [-0.3, -0.25) is 0 Å². The number of hydrogen-bond acceptors (Lipinski definition) is 4. The van der Waals surface area contributed by atoms with Crippen LogP contribution in [0.2, 0.25) is 0 Å². The van der Waals surface area contributed by atoms with Gasteiger partial charge < -0.3 is 9.88 Å². The van der Waals surface area contributed by atoms with Gasteiger partial charge in [0.05, 0.1) is 24.1 Å². The highest BCUT2D eigenvalue weighted by atomic mass is 32.2. The molecule has 1 aromatic heterocycles. The lowest BCUT2D eigenvalue weighted by Gasteiger charge is -2.67. The third kappa shape index (κ3) is 3.50. The number of benzene rings is 1. The molecule has 6 rings (SSSR count). The predicted molar refractivity (Wildman–Crippen MR) is 110 cm³/mol. The maximum atomic E-state index is 13.6. The number of aromatic nitrogens is 2. The molecule has 0 unspecified atom stereocenters. The van der Waals surface area contributed by atoms with Crippen molar-refractivity contribution >= 4 is 15.7 Å². The Morgan fingerprint density at radius 3 is 2.32 bits per heavy atom. The Bertz CT molecular complexity index is 1190. The Balaban J connectivity index is 1.70. The summed E-state index contributed by atoms with van der Waals surface area (Å²) < 4.78 is 107. The van der Waals surface area contributed by atoms with Crippen LogP contribution >= 0.6 is 0 Å². The van der Waals surface area contributed by atoms with Crippen LogP contribution in [0, 0.1) is 18.3 Å². The van der Waals surface area contributed by atoms with E-state index in [0.717, 1.165) is 25.3 Å². The van der Waals surface area contributed by atoms with Crippen molar-refractivity contribution in [2.75, 3.05) is 11.4 Å². The van der Waals surface area contributed by atoms with Gasteiger partial charge in [-0.2, -0.15) is 30.6 Å². The van der Waals surface area contributed by atoms with Crippen LogP contribution in [0.3, 0.4) is 0 Å². The van der Waals surface area contributed by atoms with E-state index in [-0.39, 0.29) is 23.1 Å². The first-order valence-corrected chi connectivity index (χ1v) is 12.2. The minimum Gasteiger partial charge on any atom is -0.361 e. The van der Waals surface area contributed by atoms with Crippen molar-refractivity contribution in [3.05, 3.63) is 47.0 Å². The summed E-state index contributed by atoms with van der Waals surface area (Å²) >= 11 is 0. The number of anilines is 1. The minimum absolute atomic E-state index is 0.0729. The number of aromatic amines is 1. The van der Waals surface area contributed by atoms with Gasteiger partial charge in [0, 0.05) is 31.0 Å². The van der Waals surface area contributed by atoms with E-state index < -0.39 is 46.4 Å². The van der Waals surface area contributed by atoms with Crippen LogP contribution in [-0.2, 0) is 29.3 Å². The van der Waals surface area contributed by atoms with E-state index in [4.69, 9.17) is 0 Å². The zero-order valence-corrected chi connectivity index (χ0v) is 18.9. The van der Waals surface area contributed by atoms with Gasteiger partial charge in [0.2, 0.25) is 0 Å². The number of halogens is 6. The molecule has 0 saturated heterocycles. The molecule has 3 fully saturated rings. The van der Waals surface area contributed by atoms with Gasteiger partial charge in [-0.25, -0.2) is 13.4 Å². The summed E-state index contributed by atoms with van der Waals surface area (Å²) in [4.78, 5) is 8.67. The van der Waals surface area contributed by atoms with Gasteiger partial charge >= 0.3 is 21.7 Å². The highest BCUT2D eigenvalue weighted by molar-refractivity contribution is 7.89. The van der Waals surface area contributed by atoms with E-state index in [1.807, 2.05) is 0 Å². The van der Waals surface area contributed by atoms with Gasteiger partial charge in [-0.1, -0.05) is 0 Å². The number of nitrogens with one attached hydrogen (secondary N) is 1. The maximum Gasteiger partial charge on any atom is 0.511 e. The second-order valence-corrected chi connectivity index (χ2v) is 11.5. The van der Waals surface area contributed by atoms with Crippen LogP contribution in [-0.4, -0.2) is 40.8 Å². The van der Waals surface area contributed by atoms with Gasteiger partial charge in [0.1, 0.15) is 0 Å². The Kier molecular flexibility index (Phi) is 5.08. The van der Waals surface area contributed by atoms with Crippen LogP contribution in [0.15, 0.2) is 24.7 Å². The first-order valence-electron chi connectivity index (χ1n) is 10.7. The van der Waals surface area contributed by atoms with E-state index in [1.54, 1.807) is 4.90 Å². The van der Waals surface area contributed by atoms with Crippen LogP contribution < -0.4 is 4.90 Å². The number of hydrogen-bond donors (Lipinski definition) is 1. The molecule has 1 aromatic carbocycles. The number of rotatable bonds is 4. The van der Waals surface area contributed by atoms with Crippen molar-refractivity contribution in [1.29, 1.82) is 0 Å². The Morgan fingerprint density at radius 1 is 1.15 bits per heavy atom. The summed E-state index contributed by atoms with van der Waals surface area (Å²) in [5, 5.41) is 0. The average molecular weight is 508 g/mol. The molecule has 2 aromatic rings. The van der Waals surface area contributed by atoms with Gasteiger partial charge in [0.25, 0.3) is 0 Å². The summed E-state index contributed by atoms with van der Waals surface area (Å²) in [6.07, 6.45) is 0.498. The van der Waals surface area contributed by atoms with Crippen molar-refractivity contribution in [3.63, 3.8) is 0 Å². The van der Waals surface area contributed by atoms with Crippen molar-refractivity contribution < 1.29 is 34.8 Å². The Morgan fingerprint density at radius 2 is 1.82 bits per heavy atom. The minimum atomic E-state index is -5.77.